The molecule has 1 aromatic carbocycles. The fourth-order valence-corrected chi connectivity index (χ4v) is 2.13. The number of benzene rings is 1. The zero-order valence-electron chi connectivity index (χ0n) is 8.31. The van der Waals surface area contributed by atoms with Gasteiger partial charge in [-0.2, -0.15) is 0 Å². The van der Waals surface area contributed by atoms with Gasteiger partial charge >= 0.3 is 5.97 Å². The van der Waals surface area contributed by atoms with E-state index in [1.807, 2.05) is 0 Å². The molecule has 0 saturated carbocycles. The van der Waals surface area contributed by atoms with Crippen LogP contribution in [-0.4, -0.2) is 23.0 Å². The minimum absolute atomic E-state index is 0.192. The molecule has 0 aromatic heterocycles. The standard InChI is InChI=1S/C11H10ClNO3/c12-7-3-1-2-6(4-7)8-5-9(14)13-10(8)11(15)16/h1-4,8,10H,5H2,(H,13,14)(H,15,16)/t8?,10-/m0/s1. The number of rotatable bonds is 2. The number of halogens is 1. The highest BCUT2D eigenvalue weighted by Crippen LogP contribution is 2.29. The summed E-state index contributed by atoms with van der Waals surface area (Å²) in [4.78, 5) is 22.2. The van der Waals surface area contributed by atoms with Crippen LogP contribution < -0.4 is 5.32 Å². The molecule has 0 radical (unpaired) electrons. The molecule has 16 heavy (non-hydrogen) atoms. The third kappa shape index (κ3) is 2.02. The Morgan fingerprint density at radius 2 is 2.25 bits per heavy atom. The maximum absolute atomic E-state index is 11.2. The van der Waals surface area contributed by atoms with E-state index in [1.54, 1.807) is 24.3 Å². The number of nitrogens with one attached hydrogen (secondary N) is 1. The summed E-state index contributed by atoms with van der Waals surface area (Å²) in [5, 5.41) is 12.0. The normalized spacial score (nSPS) is 24.2. The molecule has 1 aliphatic rings. The van der Waals surface area contributed by atoms with Gasteiger partial charge < -0.3 is 10.4 Å². The third-order valence-electron chi connectivity index (χ3n) is 2.67. The van der Waals surface area contributed by atoms with Gasteiger partial charge in [0.05, 0.1) is 0 Å². The molecule has 0 aliphatic carbocycles. The topological polar surface area (TPSA) is 66.4 Å². The van der Waals surface area contributed by atoms with E-state index in [0.29, 0.717) is 5.02 Å². The van der Waals surface area contributed by atoms with Crippen molar-refractivity contribution in [2.45, 2.75) is 18.4 Å². The van der Waals surface area contributed by atoms with Gasteiger partial charge in [0.15, 0.2) is 0 Å². The van der Waals surface area contributed by atoms with Crippen LogP contribution in [0.3, 0.4) is 0 Å². The van der Waals surface area contributed by atoms with E-state index in [4.69, 9.17) is 16.7 Å². The average Bonchev–Trinajstić information content (AvgIpc) is 2.60. The Morgan fingerprint density at radius 1 is 1.50 bits per heavy atom. The highest BCUT2D eigenvalue weighted by Gasteiger charge is 2.38. The van der Waals surface area contributed by atoms with Crippen molar-refractivity contribution < 1.29 is 14.7 Å². The molecule has 1 aromatic rings. The molecule has 2 rings (SSSR count). The molecule has 5 heteroatoms. The molecule has 0 bridgehead atoms. The molecule has 1 aliphatic heterocycles. The first-order chi connectivity index (χ1) is 7.58. The Morgan fingerprint density at radius 3 is 2.88 bits per heavy atom. The van der Waals surface area contributed by atoms with Crippen molar-refractivity contribution in [1.82, 2.24) is 5.32 Å². The fraction of sp³-hybridized carbons (Fsp3) is 0.273. The molecule has 1 saturated heterocycles. The quantitative estimate of drug-likeness (QED) is 0.820. The highest BCUT2D eigenvalue weighted by molar-refractivity contribution is 6.30. The van der Waals surface area contributed by atoms with Crippen molar-refractivity contribution in [2.24, 2.45) is 0 Å². The predicted octanol–water partition coefficient (Wildman–Crippen LogP) is 1.40. The van der Waals surface area contributed by atoms with Gasteiger partial charge in [0, 0.05) is 17.4 Å². The molecular weight excluding hydrogens is 230 g/mol. The highest BCUT2D eigenvalue weighted by atomic mass is 35.5. The number of amides is 1. The summed E-state index contributed by atoms with van der Waals surface area (Å²) in [7, 11) is 0. The van der Waals surface area contributed by atoms with Crippen molar-refractivity contribution in [3.8, 4) is 0 Å². The summed E-state index contributed by atoms with van der Waals surface area (Å²) < 4.78 is 0. The molecule has 1 amide bonds. The Balaban J connectivity index is 2.32. The second-order valence-corrected chi connectivity index (χ2v) is 4.19. The largest absolute Gasteiger partial charge is 0.480 e. The summed E-state index contributed by atoms with van der Waals surface area (Å²) >= 11 is 5.83. The second kappa shape index (κ2) is 4.14. The van der Waals surface area contributed by atoms with Crippen LogP contribution in [0.25, 0.3) is 0 Å². The van der Waals surface area contributed by atoms with E-state index >= 15 is 0 Å². The molecule has 1 heterocycles. The van der Waals surface area contributed by atoms with Gasteiger partial charge in [0.1, 0.15) is 6.04 Å². The predicted molar refractivity (Wildman–Crippen MR) is 58.4 cm³/mol. The van der Waals surface area contributed by atoms with Gasteiger partial charge in [-0.1, -0.05) is 23.7 Å². The van der Waals surface area contributed by atoms with E-state index in [1.165, 1.54) is 0 Å². The molecule has 1 fully saturated rings. The minimum atomic E-state index is -1.02. The van der Waals surface area contributed by atoms with Crippen molar-refractivity contribution in [2.75, 3.05) is 0 Å². The molecular formula is C11H10ClNO3. The van der Waals surface area contributed by atoms with Crippen LogP contribution in [0.1, 0.15) is 17.9 Å². The number of carbonyl (C=O) groups excluding carboxylic acids is 1. The molecule has 2 atom stereocenters. The average molecular weight is 240 g/mol. The van der Waals surface area contributed by atoms with Crippen LogP contribution in [0.4, 0.5) is 0 Å². The molecule has 1 unspecified atom stereocenters. The first kappa shape index (κ1) is 11.0. The SMILES string of the molecule is O=C1CC(c2cccc(Cl)c2)[C@@H](C(=O)O)N1. The fourth-order valence-electron chi connectivity index (χ4n) is 1.93. The van der Waals surface area contributed by atoms with E-state index in [9.17, 15) is 9.59 Å². The first-order valence-corrected chi connectivity index (χ1v) is 5.23. The Bertz CT molecular complexity index is 447. The lowest BCUT2D eigenvalue weighted by Crippen LogP contribution is -2.36. The molecule has 0 spiro atoms. The van der Waals surface area contributed by atoms with Crippen LogP contribution >= 0.6 is 11.6 Å². The summed E-state index contributed by atoms with van der Waals surface area (Å²) in [5.41, 5.74) is 0.776. The molecule has 4 nitrogen and oxygen atoms in total. The zero-order chi connectivity index (χ0) is 11.7. The number of carboxylic acids is 1. The van der Waals surface area contributed by atoms with Gasteiger partial charge in [-0.25, -0.2) is 4.79 Å². The van der Waals surface area contributed by atoms with Crippen molar-refractivity contribution in [1.29, 1.82) is 0 Å². The first-order valence-electron chi connectivity index (χ1n) is 4.85. The maximum Gasteiger partial charge on any atom is 0.326 e. The summed E-state index contributed by atoms with van der Waals surface area (Å²) in [5.74, 6) is -1.60. The van der Waals surface area contributed by atoms with Crippen LogP contribution in [-0.2, 0) is 9.59 Å². The Hall–Kier alpha value is -1.55. The van der Waals surface area contributed by atoms with Crippen LogP contribution in [0.2, 0.25) is 5.02 Å². The van der Waals surface area contributed by atoms with Gasteiger partial charge in [-0.3, -0.25) is 4.79 Å². The van der Waals surface area contributed by atoms with E-state index in [-0.39, 0.29) is 18.2 Å². The lowest BCUT2D eigenvalue weighted by Gasteiger charge is -2.14. The summed E-state index contributed by atoms with van der Waals surface area (Å²) in [6.45, 7) is 0. The number of hydrogen-bond donors (Lipinski definition) is 2. The summed E-state index contributed by atoms with van der Waals surface area (Å²) in [6.07, 6.45) is 0.192. The smallest absolute Gasteiger partial charge is 0.326 e. The number of hydrogen-bond acceptors (Lipinski definition) is 2. The van der Waals surface area contributed by atoms with Gasteiger partial charge in [-0.15, -0.1) is 0 Å². The van der Waals surface area contributed by atoms with E-state index in [0.717, 1.165) is 5.56 Å². The van der Waals surface area contributed by atoms with Gasteiger partial charge in [-0.05, 0) is 17.7 Å². The van der Waals surface area contributed by atoms with E-state index < -0.39 is 12.0 Å². The molecule has 84 valence electrons. The zero-order valence-corrected chi connectivity index (χ0v) is 9.07. The van der Waals surface area contributed by atoms with Crippen molar-refractivity contribution >= 4 is 23.5 Å². The van der Waals surface area contributed by atoms with Crippen molar-refractivity contribution in [3.63, 3.8) is 0 Å². The minimum Gasteiger partial charge on any atom is -0.480 e. The lowest BCUT2D eigenvalue weighted by molar-refractivity contribution is -0.140. The Kier molecular flexibility index (Phi) is 2.83. The van der Waals surface area contributed by atoms with Crippen LogP contribution in [0, 0.1) is 0 Å². The van der Waals surface area contributed by atoms with E-state index in [2.05, 4.69) is 5.32 Å². The number of aliphatic carboxylic acids is 1. The Labute approximate surface area is 97.2 Å². The number of carbonyl (C=O) groups is 2. The summed E-state index contributed by atoms with van der Waals surface area (Å²) in [6, 6.07) is 6.09. The lowest BCUT2D eigenvalue weighted by atomic mass is 9.92. The van der Waals surface area contributed by atoms with Crippen LogP contribution in [0.5, 0.6) is 0 Å². The monoisotopic (exact) mass is 239 g/mol. The van der Waals surface area contributed by atoms with Gasteiger partial charge in [0.2, 0.25) is 5.91 Å². The number of carboxylic acid groups (broad SMARTS) is 1. The third-order valence-corrected chi connectivity index (χ3v) is 2.90. The van der Waals surface area contributed by atoms with Gasteiger partial charge in [0.25, 0.3) is 0 Å². The van der Waals surface area contributed by atoms with Crippen LogP contribution in [0.15, 0.2) is 24.3 Å². The second-order valence-electron chi connectivity index (χ2n) is 3.75. The van der Waals surface area contributed by atoms with Crippen molar-refractivity contribution in [3.05, 3.63) is 34.9 Å². The maximum atomic E-state index is 11.2. The molecule has 2 N–H and O–H groups in total.